The van der Waals surface area contributed by atoms with Crippen LogP contribution in [0.15, 0.2) is 24.3 Å². The average molecular weight is 418 g/mol. The van der Waals surface area contributed by atoms with Gasteiger partial charge in [-0.25, -0.2) is 0 Å². The van der Waals surface area contributed by atoms with E-state index in [9.17, 15) is 9.59 Å². The molecule has 0 bridgehead atoms. The van der Waals surface area contributed by atoms with Crippen molar-refractivity contribution < 1.29 is 14.3 Å². The smallest absolute Gasteiger partial charge is 0.222 e. The number of ether oxygens (including phenoxy) is 1. The molecule has 168 valence electrons. The van der Waals surface area contributed by atoms with Crippen molar-refractivity contribution in [3.05, 3.63) is 29.8 Å². The minimum absolute atomic E-state index is 0.0208. The van der Waals surface area contributed by atoms with Gasteiger partial charge in [0, 0.05) is 32.5 Å². The van der Waals surface area contributed by atoms with E-state index < -0.39 is 0 Å². The molecule has 1 aliphatic heterocycles. The van der Waals surface area contributed by atoms with Gasteiger partial charge in [0.15, 0.2) is 0 Å². The number of carbonyl (C=O) groups is 2. The zero-order valence-electron chi connectivity index (χ0n) is 19.0. The Balaban J connectivity index is 1.84. The van der Waals surface area contributed by atoms with Gasteiger partial charge in [-0.1, -0.05) is 26.0 Å². The summed E-state index contributed by atoms with van der Waals surface area (Å²) in [6, 6.07) is 8.26. The van der Waals surface area contributed by atoms with Crippen molar-refractivity contribution in [2.24, 2.45) is 0 Å². The summed E-state index contributed by atoms with van der Waals surface area (Å²) in [7, 11) is 1.68. The first-order valence-corrected chi connectivity index (χ1v) is 11.5. The Morgan fingerprint density at radius 2 is 1.83 bits per heavy atom. The number of hydrogen-bond donors (Lipinski definition) is 1. The van der Waals surface area contributed by atoms with E-state index in [1.807, 2.05) is 17.0 Å². The molecule has 0 radical (unpaired) electrons. The van der Waals surface area contributed by atoms with Crippen LogP contribution in [0, 0.1) is 0 Å². The maximum Gasteiger partial charge on any atom is 0.222 e. The fourth-order valence-corrected chi connectivity index (χ4v) is 4.12. The van der Waals surface area contributed by atoms with Gasteiger partial charge in [-0.2, -0.15) is 0 Å². The maximum atomic E-state index is 12.4. The van der Waals surface area contributed by atoms with Gasteiger partial charge in [0.05, 0.1) is 13.2 Å². The average Bonchev–Trinajstić information content (AvgIpc) is 3.28. The van der Waals surface area contributed by atoms with Crippen LogP contribution in [0.2, 0.25) is 0 Å². The lowest BCUT2D eigenvalue weighted by Gasteiger charge is -2.28. The van der Waals surface area contributed by atoms with Crippen LogP contribution >= 0.6 is 0 Å². The molecule has 2 amide bonds. The molecule has 6 nitrogen and oxygen atoms in total. The molecule has 0 aromatic heterocycles. The second-order valence-electron chi connectivity index (χ2n) is 8.07. The van der Waals surface area contributed by atoms with Crippen LogP contribution in [0.4, 0.5) is 0 Å². The highest BCUT2D eigenvalue weighted by Gasteiger charge is 2.24. The highest BCUT2D eigenvalue weighted by Crippen LogP contribution is 2.27. The monoisotopic (exact) mass is 417 g/mol. The number of amides is 2. The molecular weight excluding hydrogens is 378 g/mol. The Morgan fingerprint density at radius 3 is 2.47 bits per heavy atom. The van der Waals surface area contributed by atoms with Gasteiger partial charge < -0.3 is 15.0 Å². The predicted octanol–water partition coefficient (Wildman–Crippen LogP) is 3.77. The van der Waals surface area contributed by atoms with E-state index in [2.05, 4.69) is 36.2 Å². The summed E-state index contributed by atoms with van der Waals surface area (Å²) in [6.45, 7) is 8.46. The van der Waals surface area contributed by atoms with E-state index in [-0.39, 0.29) is 17.9 Å². The van der Waals surface area contributed by atoms with Crippen molar-refractivity contribution in [1.29, 1.82) is 0 Å². The minimum atomic E-state index is 0.0208. The molecule has 0 aliphatic carbocycles. The van der Waals surface area contributed by atoms with E-state index >= 15 is 0 Å². The highest BCUT2D eigenvalue weighted by atomic mass is 16.5. The van der Waals surface area contributed by atoms with Crippen LogP contribution in [0.25, 0.3) is 0 Å². The number of methoxy groups -OCH3 is 1. The van der Waals surface area contributed by atoms with Crippen LogP contribution < -0.4 is 10.1 Å². The molecule has 30 heavy (non-hydrogen) atoms. The third kappa shape index (κ3) is 7.63. The summed E-state index contributed by atoms with van der Waals surface area (Å²) in [5.41, 5.74) is 1.17. The predicted molar refractivity (Wildman–Crippen MR) is 121 cm³/mol. The van der Waals surface area contributed by atoms with Crippen molar-refractivity contribution in [2.75, 3.05) is 39.8 Å². The number of benzene rings is 1. The molecule has 1 aromatic carbocycles. The van der Waals surface area contributed by atoms with Crippen molar-refractivity contribution >= 4 is 11.8 Å². The Bertz CT molecular complexity index is 653. The number of rotatable bonds is 13. The molecule has 0 saturated carbocycles. The molecule has 2 rings (SSSR count). The van der Waals surface area contributed by atoms with E-state index in [0.717, 1.165) is 44.8 Å². The summed E-state index contributed by atoms with van der Waals surface area (Å²) in [4.78, 5) is 29.2. The fraction of sp³-hybridized carbons (Fsp3) is 0.667. The number of nitrogens with zero attached hydrogens (tertiary/aromatic N) is 2. The van der Waals surface area contributed by atoms with Gasteiger partial charge in [0.1, 0.15) is 5.75 Å². The SMILES string of the molecule is CCCN(CCC)C(=O)CCCC(=O)NCC(c1cccc(OC)c1)N1CCCC1. The summed E-state index contributed by atoms with van der Waals surface area (Å²) >= 11 is 0. The largest absolute Gasteiger partial charge is 0.497 e. The molecule has 1 N–H and O–H groups in total. The Morgan fingerprint density at radius 1 is 1.13 bits per heavy atom. The van der Waals surface area contributed by atoms with Gasteiger partial charge in [-0.3, -0.25) is 14.5 Å². The lowest BCUT2D eigenvalue weighted by molar-refractivity contribution is -0.131. The molecule has 1 fully saturated rings. The topological polar surface area (TPSA) is 61.9 Å². The molecule has 1 atom stereocenters. The normalized spacial score (nSPS) is 15.0. The van der Waals surface area contributed by atoms with Crippen molar-refractivity contribution in [3.63, 3.8) is 0 Å². The number of carbonyl (C=O) groups excluding carboxylic acids is 2. The third-order valence-corrected chi connectivity index (χ3v) is 5.69. The zero-order chi connectivity index (χ0) is 21.8. The first kappa shape index (κ1) is 24.2. The Hall–Kier alpha value is -2.08. The summed E-state index contributed by atoms with van der Waals surface area (Å²) < 4.78 is 5.38. The number of nitrogens with one attached hydrogen (secondary N) is 1. The quantitative estimate of drug-likeness (QED) is 0.531. The number of likely N-dealkylation sites (tertiary alicyclic amines) is 1. The summed E-state index contributed by atoms with van der Waals surface area (Å²) in [5, 5.41) is 3.10. The van der Waals surface area contributed by atoms with Crippen LogP contribution in [0.3, 0.4) is 0 Å². The first-order valence-electron chi connectivity index (χ1n) is 11.5. The van der Waals surface area contributed by atoms with Crippen LogP contribution in [-0.4, -0.2) is 61.4 Å². The fourth-order valence-electron chi connectivity index (χ4n) is 4.12. The van der Waals surface area contributed by atoms with Crippen LogP contribution in [0.5, 0.6) is 5.75 Å². The molecule has 1 heterocycles. The highest BCUT2D eigenvalue weighted by molar-refractivity contribution is 5.79. The van der Waals surface area contributed by atoms with Crippen LogP contribution in [0.1, 0.15) is 70.4 Å². The minimum Gasteiger partial charge on any atom is -0.497 e. The maximum absolute atomic E-state index is 12.4. The van der Waals surface area contributed by atoms with E-state index in [4.69, 9.17) is 4.74 Å². The molecule has 6 heteroatoms. The molecule has 1 saturated heterocycles. The van der Waals surface area contributed by atoms with Gasteiger partial charge in [0.25, 0.3) is 0 Å². The lowest BCUT2D eigenvalue weighted by Crippen LogP contribution is -2.37. The number of hydrogen-bond acceptors (Lipinski definition) is 4. The van der Waals surface area contributed by atoms with Gasteiger partial charge >= 0.3 is 0 Å². The summed E-state index contributed by atoms with van der Waals surface area (Å²) in [6.07, 6.45) is 5.76. The molecule has 1 aromatic rings. The second kappa shape index (κ2) is 13.3. The van der Waals surface area contributed by atoms with Gasteiger partial charge in [-0.05, 0) is 62.9 Å². The second-order valence-corrected chi connectivity index (χ2v) is 8.07. The lowest BCUT2D eigenvalue weighted by atomic mass is 10.0. The van der Waals surface area contributed by atoms with Crippen molar-refractivity contribution in [1.82, 2.24) is 15.1 Å². The van der Waals surface area contributed by atoms with Gasteiger partial charge in [-0.15, -0.1) is 0 Å². The molecule has 1 unspecified atom stereocenters. The van der Waals surface area contributed by atoms with Crippen LogP contribution in [-0.2, 0) is 9.59 Å². The summed E-state index contributed by atoms with van der Waals surface area (Å²) in [5.74, 6) is 1.02. The van der Waals surface area contributed by atoms with E-state index in [1.54, 1.807) is 7.11 Å². The molecular formula is C24H39N3O3. The van der Waals surface area contributed by atoms with Gasteiger partial charge in [0.2, 0.25) is 11.8 Å². The molecule has 1 aliphatic rings. The zero-order valence-corrected chi connectivity index (χ0v) is 19.0. The Kier molecular flexibility index (Phi) is 10.7. The van der Waals surface area contributed by atoms with Crippen molar-refractivity contribution in [3.8, 4) is 5.75 Å². The van der Waals surface area contributed by atoms with E-state index in [0.29, 0.717) is 25.8 Å². The standard InChI is InChI=1S/C24H39N3O3/c1-4-14-27(15-5-2)24(29)13-9-12-23(28)25-19-22(26-16-6-7-17-26)20-10-8-11-21(18-20)30-3/h8,10-11,18,22H,4-7,9,12-17,19H2,1-3H3,(H,25,28). The molecule has 0 spiro atoms. The third-order valence-electron chi connectivity index (χ3n) is 5.69. The van der Waals surface area contributed by atoms with Crippen molar-refractivity contribution in [2.45, 2.75) is 64.8 Å². The van der Waals surface area contributed by atoms with E-state index in [1.165, 1.54) is 18.4 Å². The first-order chi connectivity index (χ1) is 14.6. The Labute approximate surface area is 182 Å².